The first-order valence-corrected chi connectivity index (χ1v) is 3.63. The molecule has 0 unspecified atom stereocenters. The van der Waals surface area contributed by atoms with Gasteiger partial charge in [0.25, 0.3) is 0 Å². The Morgan fingerprint density at radius 3 is 2.62 bits per heavy atom. The van der Waals surface area contributed by atoms with Crippen LogP contribution < -0.4 is 0 Å². The van der Waals surface area contributed by atoms with Crippen LogP contribution in [0.3, 0.4) is 0 Å². The second kappa shape index (κ2) is 2.70. The number of rotatable bonds is 3. The molecule has 1 nitrogen and oxygen atoms in total. The first kappa shape index (κ1) is 6.37. The normalized spacial score (nSPS) is 35.2. The van der Waals surface area contributed by atoms with Gasteiger partial charge in [0, 0.05) is 0 Å². The van der Waals surface area contributed by atoms with E-state index in [4.69, 9.17) is 16.3 Å². The van der Waals surface area contributed by atoms with Gasteiger partial charge in [0.2, 0.25) is 0 Å². The highest BCUT2D eigenvalue weighted by atomic mass is 35.5. The predicted molar refractivity (Wildman–Crippen MR) is 34.3 cm³/mol. The van der Waals surface area contributed by atoms with E-state index in [2.05, 4.69) is 6.92 Å². The average Bonchev–Trinajstić information content (AvgIpc) is 2.48. The van der Waals surface area contributed by atoms with Gasteiger partial charge in [-0.15, -0.1) is 11.6 Å². The number of hydrogen-bond acceptors (Lipinski definition) is 1. The van der Waals surface area contributed by atoms with Gasteiger partial charge in [-0.1, -0.05) is 13.3 Å². The van der Waals surface area contributed by atoms with Crippen molar-refractivity contribution in [2.45, 2.75) is 32.0 Å². The van der Waals surface area contributed by atoms with Crippen molar-refractivity contribution in [1.82, 2.24) is 0 Å². The fourth-order valence-corrected chi connectivity index (χ4v) is 1.12. The fraction of sp³-hybridized carbons (Fsp3) is 1.00. The molecule has 1 fully saturated rings. The Hall–Kier alpha value is 0.250. The molecule has 0 radical (unpaired) electrons. The Balaban J connectivity index is 1.99. The van der Waals surface area contributed by atoms with Crippen LogP contribution >= 0.6 is 11.6 Å². The van der Waals surface area contributed by atoms with Crippen LogP contribution in [-0.4, -0.2) is 18.1 Å². The smallest absolute Gasteiger partial charge is 0.0976 e. The van der Waals surface area contributed by atoms with Crippen LogP contribution in [0, 0.1) is 0 Å². The minimum atomic E-state index is 0.386. The van der Waals surface area contributed by atoms with Crippen LogP contribution in [0.1, 0.15) is 19.8 Å². The molecule has 2 atom stereocenters. The van der Waals surface area contributed by atoms with Gasteiger partial charge >= 0.3 is 0 Å². The molecule has 0 aliphatic carbocycles. The maximum atomic E-state index is 5.50. The first-order valence-electron chi connectivity index (χ1n) is 3.10. The standard InChI is InChI=1S/C6H11ClO/c1-2-3-5-6(4-7)8-5/h5-6H,2-4H2,1H3/t5-,6-/m0/s1. The summed E-state index contributed by atoms with van der Waals surface area (Å²) in [6.07, 6.45) is 3.27. The van der Waals surface area contributed by atoms with Crippen molar-refractivity contribution >= 4 is 11.6 Å². The molecule has 48 valence electrons. The van der Waals surface area contributed by atoms with Crippen LogP contribution in [0.4, 0.5) is 0 Å². The molecule has 2 heteroatoms. The van der Waals surface area contributed by atoms with Crippen molar-refractivity contribution in [1.29, 1.82) is 0 Å². The van der Waals surface area contributed by atoms with E-state index >= 15 is 0 Å². The van der Waals surface area contributed by atoms with Gasteiger partial charge in [0.15, 0.2) is 0 Å². The van der Waals surface area contributed by atoms with E-state index < -0.39 is 0 Å². The second-order valence-electron chi connectivity index (χ2n) is 2.16. The summed E-state index contributed by atoms with van der Waals surface area (Å²) in [4.78, 5) is 0. The van der Waals surface area contributed by atoms with E-state index in [-0.39, 0.29) is 0 Å². The van der Waals surface area contributed by atoms with Crippen molar-refractivity contribution < 1.29 is 4.74 Å². The Bertz CT molecular complexity index is 74.9. The van der Waals surface area contributed by atoms with E-state index in [1.807, 2.05) is 0 Å². The highest BCUT2D eigenvalue weighted by molar-refractivity contribution is 6.18. The van der Waals surface area contributed by atoms with Gasteiger partial charge in [-0.3, -0.25) is 0 Å². The van der Waals surface area contributed by atoms with Gasteiger partial charge in [-0.25, -0.2) is 0 Å². The molecule has 0 saturated carbocycles. The summed E-state index contributed by atoms with van der Waals surface area (Å²) in [6.45, 7) is 2.16. The number of epoxide rings is 1. The Morgan fingerprint density at radius 1 is 1.50 bits per heavy atom. The van der Waals surface area contributed by atoms with Crippen molar-refractivity contribution in [2.24, 2.45) is 0 Å². The minimum absolute atomic E-state index is 0.386. The summed E-state index contributed by atoms with van der Waals surface area (Å²) in [7, 11) is 0. The van der Waals surface area contributed by atoms with E-state index in [1.165, 1.54) is 12.8 Å². The average molecular weight is 135 g/mol. The SMILES string of the molecule is CCC[C@@H]1O[C@H]1CCl. The number of ether oxygens (including phenoxy) is 1. The van der Waals surface area contributed by atoms with E-state index in [0.29, 0.717) is 18.1 Å². The highest BCUT2D eigenvalue weighted by Gasteiger charge is 2.36. The van der Waals surface area contributed by atoms with Crippen LogP contribution in [-0.2, 0) is 4.74 Å². The zero-order valence-electron chi connectivity index (χ0n) is 5.06. The third kappa shape index (κ3) is 1.36. The van der Waals surface area contributed by atoms with Crippen molar-refractivity contribution in [3.8, 4) is 0 Å². The maximum Gasteiger partial charge on any atom is 0.0976 e. The minimum Gasteiger partial charge on any atom is -0.368 e. The molecule has 1 aliphatic heterocycles. The lowest BCUT2D eigenvalue weighted by Crippen LogP contribution is -1.93. The molecule has 0 aromatic rings. The largest absolute Gasteiger partial charge is 0.368 e. The van der Waals surface area contributed by atoms with E-state index in [0.717, 1.165) is 0 Å². The summed E-state index contributed by atoms with van der Waals surface area (Å²) in [5.74, 6) is 0.671. The summed E-state index contributed by atoms with van der Waals surface area (Å²) in [5.41, 5.74) is 0. The summed E-state index contributed by atoms with van der Waals surface area (Å²) < 4.78 is 5.17. The Labute approximate surface area is 55.0 Å². The molecule has 0 aromatic carbocycles. The molecular weight excluding hydrogens is 124 g/mol. The molecule has 0 amide bonds. The molecule has 1 rings (SSSR count). The van der Waals surface area contributed by atoms with E-state index in [9.17, 15) is 0 Å². The molecule has 0 N–H and O–H groups in total. The van der Waals surface area contributed by atoms with Crippen LogP contribution in [0.25, 0.3) is 0 Å². The first-order chi connectivity index (χ1) is 3.88. The lowest BCUT2D eigenvalue weighted by atomic mass is 10.2. The van der Waals surface area contributed by atoms with Crippen molar-refractivity contribution in [3.05, 3.63) is 0 Å². The predicted octanol–water partition coefficient (Wildman–Crippen LogP) is 1.79. The molecule has 0 aromatic heterocycles. The molecule has 8 heavy (non-hydrogen) atoms. The molecule has 1 aliphatic rings. The highest BCUT2D eigenvalue weighted by Crippen LogP contribution is 2.26. The number of alkyl halides is 1. The van der Waals surface area contributed by atoms with Crippen molar-refractivity contribution in [2.75, 3.05) is 5.88 Å². The van der Waals surface area contributed by atoms with Gasteiger partial charge in [0.05, 0.1) is 18.1 Å². The van der Waals surface area contributed by atoms with Crippen molar-refractivity contribution in [3.63, 3.8) is 0 Å². The molecule has 0 spiro atoms. The molecule has 1 saturated heterocycles. The lowest BCUT2D eigenvalue weighted by Gasteiger charge is -1.83. The topological polar surface area (TPSA) is 12.5 Å². The third-order valence-corrected chi connectivity index (χ3v) is 1.72. The van der Waals surface area contributed by atoms with E-state index in [1.54, 1.807) is 0 Å². The zero-order valence-corrected chi connectivity index (χ0v) is 5.82. The fourth-order valence-electron chi connectivity index (χ4n) is 0.853. The Kier molecular flexibility index (Phi) is 2.15. The van der Waals surface area contributed by atoms with Gasteiger partial charge in [-0.2, -0.15) is 0 Å². The number of hydrogen-bond donors (Lipinski definition) is 0. The summed E-state index contributed by atoms with van der Waals surface area (Å²) in [5, 5.41) is 0. The van der Waals surface area contributed by atoms with Gasteiger partial charge in [0.1, 0.15) is 0 Å². The van der Waals surface area contributed by atoms with Gasteiger partial charge in [-0.05, 0) is 6.42 Å². The summed E-state index contributed by atoms with van der Waals surface area (Å²) in [6, 6.07) is 0. The monoisotopic (exact) mass is 134 g/mol. The maximum absolute atomic E-state index is 5.50. The molecule has 0 bridgehead atoms. The molecule has 1 heterocycles. The lowest BCUT2D eigenvalue weighted by molar-refractivity contribution is 0.370. The van der Waals surface area contributed by atoms with Crippen LogP contribution in [0.15, 0.2) is 0 Å². The molecular formula is C6H11ClO. The third-order valence-electron chi connectivity index (χ3n) is 1.41. The van der Waals surface area contributed by atoms with Crippen LogP contribution in [0.5, 0.6) is 0 Å². The summed E-state index contributed by atoms with van der Waals surface area (Å²) >= 11 is 5.50. The Morgan fingerprint density at radius 2 is 2.25 bits per heavy atom. The van der Waals surface area contributed by atoms with Crippen LogP contribution in [0.2, 0.25) is 0 Å². The number of halogens is 1. The zero-order chi connectivity index (χ0) is 5.98. The quantitative estimate of drug-likeness (QED) is 0.424. The van der Waals surface area contributed by atoms with Gasteiger partial charge < -0.3 is 4.74 Å². The second-order valence-corrected chi connectivity index (χ2v) is 2.46.